The molecule has 1 fully saturated rings. The van der Waals surface area contributed by atoms with Crippen LogP contribution in [0, 0.1) is 0 Å². The number of hydrogen-bond donors (Lipinski definition) is 1. The van der Waals surface area contributed by atoms with Crippen LogP contribution in [0.15, 0.2) is 29.2 Å². The highest BCUT2D eigenvalue weighted by Crippen LogP contribution is 2.32. The fraction of sp³-hybridized carbons (Fsp3) is 0.200. The van der Waals surface area contributed by atoms with E-state index in [-0.39, 0.29) is 18.9 Å². The molecule has 0 spiro atoms. The van der Waals surface area contributed by atoms with E-state index in [0.717, 1.165) is 17.3 Å². The lowest BCUT2D eigenvalue weighted by atomic mass is 10.1. The third kappa shape index (κ3) is 4.17. The number of rotatable bonds is 5. The van der Waals surface area contributed by atoms with E-state index >= 15 is 0 Å². The van der Waals surface area contributed by atoms with Crippen LogP contribution in [0.1, 0.15) is 22.3 Å². The highest BCUT2D eigenvalue weighted by atomic mass is 32.2. The first kappa shape index (κ1) is 17.2. The summed E-state index contributed by atoms with van der Waals surface area (Å²) in [5, 5.41) is 8.70. The second kappa shape index (κ2) is 7.38. The van der Waals surface area contributed by atoms with Gasteiger partial charge >= 0.3 is 11.9 Å². The number of hydrogen-bond acceptors (Lipinski definition) is 6. The van der Waals surface area contributed by atoms with Gasteiger partial charge in [0.25, 0.3) is 5.91 Å². The molecule has 1 aromatic rings. The maximum atomic E-state index is 12.2. The number of ether oxygens (including phenoxy) is 1. The molecule has 23 heavy (non-hydrogen) atoms. The predicted molar refractivity (Wildman–Crippen MR) is 89.9 cm³/mol. The summed E-state index contributed by atoms with van der Waals surface area (Å²) in [4.78, 5) is 35.9. The van der Waals surface area contributed by atoms with E-state index in [1.807, 2.05) is 0 Å². The molecule has 1 aromatic carbocycles. The number of thiocarbonyl (C=S) groups is 1. The molecule has 0 radical (unpaired) electrons. The normalized spacial score (nSPS) is 16.0. The molecule has 1 aliphatic rings. The second-order valence-corrected chi connectivity index (χ2v) is 6.27. The first-order valence-electron chi connectivity index (χ1n) is 6.58. The van der Waals surface area contributed by atoms with Crippen molar-refractivity contribution in [3.63, 3.8) is 0 Å². The molecule has 0 unspecified atom stereocenters. The Kier molecular flexibility index (Phi) is 5.51. The maximum Gasteiger partial charge on any atom is 0.337 e. The average Bonchev–Trinajstić information content (AvgIpc) is 2.79. The van der Waals surface area contributed by atoms with Crippen LogP contribution in [0.5, 0.6) is 0 Å². The first-order valence-corrected chi connectivity index (χ1v) is 7.80. The van der Waals surface area contributed by atoms with Crippen molar-refractivity contribution in [2.75, 3.05) is 13.7 Å². The topological polar surface area (TPSA) is 83.9 Å². The molecule has 0 aliphatic carbocycles. The number of carbonyl (C=O) groups is 3. The first-order chi connectivity index (χ1) is 10.9. The Morgan fingerprint density at radius 2 is 2.00 bits per heavy atom. The van der Waals surface area contributed by atoms with E-state index in [0.29, 0.717) is 14.8 Å². The standard InChI is InChI=1S/C15H13NO5S2/c1-21-14(20)10-4-2-9(3-5-10)8-11-13(19)16(15(22)23-11)7-6-12(17)18/h2-5,8H,6-7H2,1H3,(H,17,18)/b11-8-. The van der Waals surface area contributed by atoms with E-state index in [2.05, 4.69) is 4.74 Å². The Balaban J connectivity index is 2.14. The number of amides is 1. The van der Waals surface area contributed by atoms with E-state index in [1.54, 1.807) is 30.3 Å². The third-order valence-electron chi connectivity index (χ3n) is 3.05. The highest BCUT2D eigenvalue weighted by molar-refractivity contribution is 8.26. The third-order valence-corrected chi connectivity index (χ3v) is 4.43. The van der Waals surface area contributed by atoms with Crippen LogP contribution in [-0.2, 0) is 14.3 Å². The number of carbonyl (C=O) groups excluding carboxylic acids is 2. The van der Waals surface area contributed by atoms with Crippen molar-refractivity contribution in [1.29, 1.82) is 0 Å². The van der Waals surface area contributed by atoms with Crippen molar-refractivity contribution >= 4 is 52.2 Å². The van der Waals surface area contributed by atoms with Gasteiger partial charge in [-0.25, -0.2) is 4.79 Å². The predicted octanol–water partition coefficient (Wildman–Crippen LogP) is 2.15. The molecule has 2 rings (SSSR count). The Morgan fingerprint density at radius 1 is 1.35 bits per heavy atom. The Hall–Kier alpha value is -2.19. The van der Waals surface area contributed by atoms with Gasteiger partial charge < -0.3 is 9.84 Å². The molecule has 1 amide bonds. The summed E-state index contributed by atoms with van der Waals surface area (Å²) in [7, 11) is 1.30. The lowest BCUT2D eigenvalue weighted by Gasteiger charge is -2.12. The zero-order chi connectivity index (χ0) is 17.0. The van der Waals surface area contributed by atoms with Gasteiger partial charge in [-0.15, -0.1) is 0 Å². The lowest BCUT2D eigenvalue weighted by Crippen LogP contribution is -2.30. The quantitative estimate of drug-likeness (QED) is 0.494. The van der Waals surface area contributed by atoms with Gasteiger partial charge in [-0.05, 0) is 23.8 Å². The van der Waals surface area contributed by atoms with E-state index in [9.17, 15) is 14.4 Å². The molecule has 1 saturated heterocycles. The molecular formula is C15H13NO5S2. The minimum absolute atomic E-state index is 0.0542. The van der Waals surface area contributed by atoms with Gasteiger partial charge in [-0.1, -0.05) is 36.1 Å². The minimum Gasteiger partial charge on any atom is -0.481 e. The summed E-state index contributed by atoms with van der Waals surface area (Å²) in [6.07, 6.45) is 1.49. The van der Waals surface area contributed by atoms with Crippen LogP contribution in [0.2, 0.25) is 0 Å². The Morgan fingerprint density at radius 3 is 2.57 bits per heavy atom. The summed E-state index contributed by atoms with van der Waals surface area (Å²) in [6, 6.07) is 6.58. The van der Waals surface area contributed by atoms with Crippen LogP contribution >= 0.6 is 24.0 Å². The van der Waals surface area contributed by atoms with Gasteiger partial charge in [0.15, 0.2) is 0 Å². The van der Waals surface area contributed by atoms with E-state index < -0.39 is 11.9 Å². The number of benzene rings is 1. The minimum atomic E-state index is -0.985. The Labute approximate surface area is 142 Å². The molecule has 1 N–H and O–H groups in total. The molecule has 0 atom stereocenters. The van der Waals surface area contributed by atoms with E-state index in [1.165, 1.54) is 12.0 Å². The highest BCUT2D eigenvalue weighted by Gasteiger charge is 2.31. The largest absolute Gasteiger partial charge is 0.481 e. The molecule has 0 saturated carbocycles. The molecular weight excluding hydrogens is 338 g/mol. The van der Waals surface area contributed by atoms with Crippen LogP contribution in [-0.4, -0.2) is 45.8 Å². The van der Waals surface area contributed by atoms with Gasteiger partial charge in [0, 0.05) is 6.54 Å². The molecule has 0 aromatic heterocycles. The fourth-order valence-corrected chi connectivity index (χ4v) is 3.19. The zero-order valence-electron chi connectivity index (χ0n) is 12.1. The molecule has 0 bridgehead atoms. The van der Waals surface area contributed by atoms with Crippen molar-refractivity contribution in [2.45, 2.75) is 6.42 Å². The smallest absolute Gasteiger partial charge is 0.337 e. The van der Waals surface area contributed by atoms with Crippen molar-refractivity contribution in [3.05, 3.63) is 40.3 Å². The van der Waals surface area contributed by atoms with Crippen LogP contribution in [0.25, 0.3) is 6.08 Å². The zero-order valence-corrected chi connectivity index (χ0v) is 13.8. The number of aliphatic carboxylic acids is 1. The van der Waals surface area contributed by atoms with Gasteiger partial charge in [0.2, 0.25) is 0 Å². The summed E-state index contributed by atoms with van der Waals surface area (Å²) in [6.45, 7) is 0.0542. The number of methoxy groups -OCH3 is 1. The number of carboxylic acid groups (broad SMARTS) is 1. The van der Waals surface area contributed by atoms with Crippen molar-refractivity contribution in [3.8, 4) is 0 Å². The monoisotopic (exact) mass is 351 g/mol. The molecule has 8 heteroatoms. The van der Waals surface area contributed by atoms with Gasteiger partial charge in [0.05, 0.1) is 24.0 Å². The van der Waals surface area contributed by atoms with Gasteiger partial charge in [0.1, 0.15) is 4.32 Å². The summed E-state index contributed by atoms with van der Waals surface area (Å²) < 4.78 is 4.96. The maximum absolute atomic E-state index is 12.2. The van der Waals surface area contributed by atoms with Gasteiger partial charge in [-0.3, -0.25) is 14.5 Å². The van der Waals surface area contributed by atoms with Gasteiger partial charge in [-0.2, -0.15) is 0 Å². The molecule has 1 heterocycles. The molecule has 6 nitrogen and oxygen atoms in total. The number of thioether (sulfide) groups is 1. The second-order valence-electron chi connectivity index (χ2n) is 4.59. The summed E-state index contributed by atoms with van der Waals surface area (Å²) in [5.41, 5.74) is 1.15. The van der Waals surface area contributed by atoms with Crippen molar-refractivity contribution in [1.82, 2.24) is 4.90 Å². The Bertz CT molecular complexity index is 696. The van der Waals surface area contributed by atoms with Crippen LogP contribution < -0.4 is 0 Å². The molecule has 120 valence electrons. The average molecular weight is 351 g/mol. The molecule has 1 aliphatic heterocycles. The van der Waals surface area contributed by atoms with Crippen molar-refractivity contribution < 1.29 is 24.2 Å². The number of esters is 1. The van der Waals surface area contributed by atoms with Crippen LogP contribution in [0.3, 0.4) is 0 Å². The fourth-order valence-electron chi connectivity index (χ4n) is 1.88. The van der Waals surface area contributed by atoms with E-state index in [4.69, 9.17) is 17.3 Å². The SMILES string of the molecule is COC(=O)c1ccc(/C=C2\SC(=S)N(CCC(=O)O)C2=O)cc1. The summed E-state index contributed by atoms with van der Waals surface area (Å²) in [5.74, 6) is -1.73. The number of nitrogens with zero attached hydrogens (tertiary/aromatic N) is 1. The summed E-state index contributed by atoms with van der Waals surface area (Å²) >= 11 is 6.23. The van der Waals surface area contributed by atoms with Crippen LogP contribution in [0.4, 0.5) is 0 Å². The number of carboxylic acids is 1. The van der Waals surface area contributed by atoms with Crippen molar-refractivity contribution in [2.24, 2.45) is 0 Å². The lowest BCUT2D eigenvalue weighted by molar-refractivity contribution is -0.137.